The summed E-state index contributed by atoms with van der Waals surface area (Å²) < 4.78 is 6.35. The Morgan fingerprint density at radius 1 is 1.88 bits per heavy atom. The molecule has 46 valence electrons. The van der Waals surface area contributed by atoms with E-state index in [1.165, 1.54) is 0 Å². The van der Waals surface area contributed by atoms with E-state index < -0.39 is 13.7 Å². The summed E-state index contributed by atoms with van der Waals surface area (Å²) in [5, 5.41) is 0. The second kappa shape index (κ2) is 10.8. The SMILES string of the molecule is CCC(C)=O.[NH]=[Ga][I]. The number of ketones is 1. The second-order valence-electron chi connectivity index (χ2n) is 1.16. The summed E-state index contributed by atoms with van der Waals surface area (Å²) in [4.78, 5) is 9.81. The van der Waals surface area contributed by atoms with Gasteiger partial charge in [0.15, 0.2) is 0 Å². The Hall–Kier alpha value is 0.836. The summed E-state index contributed by atoms with van der Waals surface area (Å²) in [5.41, 5.74) is 0. The summed E-state index contributed by atoms with van der Waals surface area (Å²) in [6.45, 7) is 3.43. The fourth-order valence-electron chi connectivity index (χ4n) is 0. The van der Waals surface area contributed by atoms with E-state index in [9.17, 15) is 4.79 Å². The van der Waals surface area contributed by atoms with Gasteiger partial charge in [0.05, 0.1) is 0 Å². The van der Waals surface area contributed by atoms with Gasteiger partial charge >= 0.3 is 37.4 Å². The third-order valence-electron chi connectivity index (χ3n) is 0.498. The molecule has 0 saturated carbocycles. The number of carbonyl (C=O) groups excluding carboxylic acids is 1. The zero-order valence-corrected chi connectivity index (χ0v) is 9.65. The van der Waals surface area contributed by atoms with Gasteiger partial charge in [-0.15, -0.1) is 0 Å². The second-order valence-corrected chi connectivity index (χ2v) is 4.86. The van der Waals surface area contributed by atoms with Gasteiger partial charge in [-0.25, -0.2) is 0 Å². The first-order valence-corrected chi connectivity index (χ1v) is 10.9. The molecule has 1 N–H and O–H groups in total. The van der Waals surface area contributed by atoms with Crippen LogP contribution in [0, 0.1) is 4.06 Å². The summed E-state index contributed by atoms with van der Waals surface area (Å²) in [6, 6.07) is 0. The van der Waals surface area contributed by atoms with E-state index in [1.807, 2.05) is 6.92 Å². The number of hydrogen-bond donors (Lipinski definition) is 1. The van der Waals surface area contributed by atoms with Crippen LogP contribution in [0.2, 0.25) is 0 Å². The molecule has 0 heterocycles. The molecule has 4 heteroatoms. The van der Waals surface area contributed by atoms with E-state index in [4.69, 9.17) is 4.06 Å². The molecule has 8 heavy (non-hydrogen) atoms. The van der Waals surface area contributed by atoms with Gasteiger partial charge in [-0.3, -0.25) is 0 Å². The zero-order valence-electron chi connectivity index (χ0n) is 5.07. The Kier molecular flexibility index (Phi) is 15.6. The molecule has 0 unspecified atom stereocenters. The van der Waals surface area contributed by atoms with Crippen LogP contribution in [0.25, 0.3) is 0 Å². The molecule has 0 rings (SSSR count). The third kappa shape index (κ3) is 28.9. The van der Waals surface area contributed by atoms with E-state index in [0.717, 1.165) is 0 Å². The van der Waals surface area contributed by atoms with Crippen molar-refractivity contribution in [3.05, 3.63) is 0 Å². The van der Waals surface area contributed by atoms with Crippen LogP contribution in [-0.2, 0) is 4.79 Å². The quantitative estimate of drug-likeness (QED) is 0.578. The number of rotatable bonds is 1. The molecule has 0 amide bonds. The Balaban J connectivity index is 0. The van der Waals surface area contributed by atoms with Crippen molar-refractivity contribution in [1.29, 1.82) is 4.06 Å². The van der Waals surface area contributed by atoms with E-state index in [1.54, 1.807) is 6.92 Å². The fourth-order valence-corrected chi connectivity index (χ4v) is 0. The van der Waals surface area contributed by atoms with E-state index >= 15 is 0 Å². The van der Waals surface area contributed by atoms with E-state index in [2.05, 4.69) is 19.7 Å². The summed E-state index contributed by atoms with van der Waals surface area (Å²) >= 11 is 1.64. The number of Topliss-reactive ketones (excluding diaryl/α,β-unsaturated/α-hetero) is 1. The molecule has 2 nitrogen and oxygen atoms in total. The predicted octanol–water partition coefficient (Wildman–Crippen LogP) is 1.79. The van der Waals surface area contributed by atoms with Crippen LogP contribution < -0.4 is 0 Å². The number of carbonyl (C=O) groups is 1. The Morgan fingerprint density at radius 2 is 2.00 bits per heavy atom. The van der Waals surface area contributed by atoms with Crippen molar-refractivity contribution in [2.45, 2.75) is 20.3 Å². The first kappa shape index (κ1) is 11.6. The summed E-state index contributed by atoms with van der Waals surface area (Å²) in [6.07, 6.45) is 0.667. The van der Waals surface area contributed by atoms with Gasteiger partial charge in [-0.1, -0.05) is 6.92 Å². The molecular weight excluding hydrogens is 275 g/mol. The first-order chi connectivity index (χ1) is 3.68. The minimum atomic E-state index is -0.468. The van der Waals surface area contributed by atoms with Crippen LogP contribution in [0.3, 0.4) is 0 Å². The van der Waals surface area contributed by atoms with Crippen molar-refractivity contribution in [1.82, 2.24) is 0 Å². The van der Waals surface area contributed by atoms with Gasteiger partial charge in [0.25, 0.3) is 0 Å². The van der Waals surface area contributed by atoms with Crippen molar-refractivity contribution < 1.29 is 4.79 Å². The Morgan fingerprint density at radius 3 is 2.00 bits per heavy atom. The average molecular weight is 284 g/mol. The summed E-state index contributed by atoms with van der Waals surface area (Å²) in [5.74, 6) is 0.255. The van der Waals surface area contributed by atoms with Gasteiger partial charge in [0.1, 0.15) is 5.78 Å². The Labute approximate surface area is 67.9 Å². The van der Waals surface area contributed by atoms with Gasteiger partial charge in [-0.2, -0.15) is 0 Å². The molecule has 0 atom stereocenters. The molecule has 0 aromatic heterocycles. The standard InChI is InChI=1S/C4H8O.Ga.HI.HN/c1-3-4(2)5;;;/h3H2,1-2H3;;2*1H/q;+1;;/p-1. The molecule has 0 saturated heterocycles. The molecule has 0 spiro atoms. The van der Waals surface area contributed by atoms with Gasteiger partial charge in [-0.05, 0) is 6.92 Å². The summed E-state index contributed by atoms with van der Waals surface area (Å²) in [7, 11) is 0. The zero-order chi connectivity index (χ0) is 6.99. The molecule has 0 bridgehead atoms. The van der Waals surface area contributed by atoms with Gasteiger partial charge < -0.3 is 4.79 Å². The molecular formula is C4H9GaINO. The van der Waals surface area contributed by atoms with Crippen LogP contribution in [0.1, 0.15) is 20.3 Å². The average Bonchev–Trinajstić information content (AvgIpc) is 1.69. The number of nitrogens with one attached hydrogen (secondary N) is 1. The third-order valence-corrected chi connectivity index (χ3v) is 0.498. The van der Waals surface area contributed by atoms with Crippen LogP contribution in [0.5, 0.6) is 0 Å². The van der Waals surface area contributed by atoms with Crippen molar-refractivity contribution in [3.63, 3.8) is 0 Å². The van der Waals surface area contributed by atoms with Gasteiger partial charge in [0.2, 0.25) is 0 Å². The molecule has 0 fully saturated rings. The molecule has 0 aromatic carbocycles. The molecule has 0 aliphatic rings. The normalized spacial score (nSPS) is 5.88. The van der Waals surface area contributed by atoms with Crippen LogP contribution in [0.4, 0.5) is 0 Å². The maximum absolute atomic E-state index is 9.81. The van der Waals surface area contributed by atoms with Crippen molar-refractivity contribution in [3.8, 4) is 0 Å². The molecule has 0 aliphatic carbocycles. The number of halogens is 1. The topological polar surface area (TPSA) is 40.9 Å². The van der Waals surface area contributed by atoms with E-state index in [0.29, 0.717) is 6.42 Å². The predicted molar refractivity (Wildman–Crippen MR) is 43.5 cm³/mol. The molecule has 0 aromatic rings. The van der Waals surface area contributed by atoms with Crippen molar-refractivity contribution in [2.24, 2.45) is 0 Å². The van der Waals surface area contributed by atoms with Crippen LogP contribution in [-0.4, -0.2) is 19.5 Å². The van der Waals surface area contributed by atoms with Gasteiger partial charge in [0, 0.05) is 6.42 Å². The fraction of sp³-hybridized carbons (Fsp3) is 0.750. The van der Waals surface area contributed by atoms with Crippen molar-refractivity contribution >= 4 is 39.1 Å². The monoisotopic (exact) mass is 283 g/mol. The minimum absolute atomic E-state index is 0.255. The van der Waals surface area contributed by atoms with Crippen LogP contribution in [0.15, 0.2) is 0 Å². The Bertz CT molecular complexity index is 76.4. The molecule has 0 aliphatic heterocycles. The van der Waals surface area contributed by atoms with Crippen LogP contribution >= 0.6 is 19.7 Å². The first-order valence-electron chi connectivity index (χ1n) is 2.27. The van der Waals surface area contributed by atoms with E-state index in [-0.39, 0.29) is 5.78 Å². The molecule has 0 radical (unpaired) electrons. The number of hydrogen-bond acceptors (Lipinski definition) is 2. The maximum atomic E-state index is 9.81. The van der Waals surface area contributed by atoms with Crippen molar-refractivity contribution in [2.75, 3.05) is 0 Å².